The molecule has 0 bridgehead atoms. The van der Waals surface area contributed by atoms with Crippen LogP contribution in [0, 0.1) is 5.92 Å². The summed E-state index contributed by atoms with van der Waals surface area (Å²) in [6, 6.07) is 0.00762. The van der Waals surface area contributed by atoms with Crippen LogP contribution in [0.15, 0.2) is 0 Å². The maximum atomic E-state index is 12.5. The molecule has 0 spiro atoms. The van der Waals surface area contributed by atoms with Gasteiger partial charge in [-0.15, -0.1) is 0 Å². The lowest BCUT2D eigenvalue weighted by atomic mass is 9.94. The van der Waals surface area contributed by atoms with E-state index in [1.165, 1.54) is 6.42 Å². The van der Waals surface area contributed by atoms with Gasteiger partial charge in [-0.2, -0.15) is 0 Å². The first-order valence-electron chi connectivity index (χ1n) is 8.90. The second kappa shape index (κ2) is 8.51. The van der Waals surface area contributed by atoms with Crippen LogP contribution in [-0.2, 0) is 9.59 Å². The topological polar surface area (TPSA) is 52.7 Å². The van der Waals surface area contributed by atoms with E-state index in [1.807, 2.05) is 16.8 Å². The van der Waals surface area contributed by atoms with Crippen LogP contribution in [0.2, 0.25) is 0 Å². The van der Waals surface area contributed by atoms with Gasteiger partial charge in [-0.25, -0.2) is 0 Å². The summed E-state index contributed by atoms with van der Waals surface area (Å²) in [4.78, 5) is 28.7. The second-order valence-electron chi connectivity index (χ2n) is 6.72. The number of nitrogens with one attached hydrogen (secondary N) is 1. The number of carbonyl (C=O) groups excluding carboxylic acids is 2. The lowest BCUT2D eigenvalue weighted by Crippen LogP contribution is -2.51. The van der Waals surface area contributed by atoms with Gasteiger partial charge in [0.1, 0.15) is 0 Å². The van der Waals surface area contributed by atoms with Crippen molar-refractivity contribution in [2.24, 2.45) is 5.92 Å². The van der Waals surface area contributed by atoms with Crippen molar-refractivity contribution >= 4 is 11.8 Å². The number of rotatable bonds is 5. The first-order valence-corrected chi connectivity index (χ1v) is 8.90. The van der Waals surface area contributed by atoms with Crippen LogP contribution in [0.4, 0.5) is 0 Å². The van der Waals surface area contributed by atoms with Crippen molar-refractivity contribution in [3.8, 4) is 0 Å². The highest BCUT2D eigenvalue weighted by molar-refractivity contribution is 5.83. The molecule has 2 aliphatic rings. The molecule has 5 nitrogen and oxygen atoms in total. The van der Waals surface area contributed by atoms with Crippen molar-refractivity contribution in [3.05, 3.63) is 0 Å². The summed E-state index contributed by atoms with van der Waals surface area (Å²) in [6.07, 6.45) is 7.07. The second-order valence-corrected chi connectivity index (χ2v) is 6.72. The largest absolute Gasteiger partial charge is 0.346 e. The lowest BCUT2D eigenvalue weighted by molar-refractivity contribution is -0.141. The van der Waals surface area contributed by atoms with E-state index in [0.717, 1.165) is 64.7 Å². The van der Waals surface area contributed by atoms with E-state index in [2.05, 4.69) is 12.2 Å². The van der Waals surface area contributed by atoms with Crippen molar-refractivity contribution in [2.45, 2.75) is 57.9 Å². The van der Waals surface area contributed by atoms with E-state index in [4.69, 9.17) is 0 Å². The Hall–Kier alpha value is -1.10. The average molecular weight is 309 g/mol. The van der Waals surface area contributed by atoms with Crippen LogP contribution in [0.1, 0.15) is 51.9 Å². The number of unbranched alkanes of at least 4 members (excludes halogenated alkanes) is 1. The quantitative estimate of drug-likeness (QED) is 0.840. The van der Waals surface area contributed by atoms with Crippen molar-refractivity contribution in [1.29, 1.82) is 0 Å². The molecule has 2 rings (SSSR count). The number of piperidine rings is 2. The lowest BCUT2D eigenvalue weighted by Gasteiger charge is -2.36. The molecule has 0 aromatic carbocycles. The number of likely N-dealkylation sites (tertiary alicyclic amines) is 1. The molecule has 0 aromatic rings. The van der Waals surface area contributed by atoms with Gasteiger partial charge in [0.25, 0.3) is 0 Å². The van der Waals surface area contributed by atoms with E-state index in [-0.39, 0.29) is 23.8 Å². The smallest absolute Gasteiger partial charge is 0.239 e. The summed E-state index contributed by atoms with van der Waals surface area (Å²) in [5.74, 6) is 0.603. The number of nitrogens with zero attached hydrogens (tertiary/aromatic N) is 2. The van der Waals surface area contributed by atoms with Crippen molar-refractivity contribution in [2.75, 3.05) is 33.2 Å². The molecule has 1 unspecified atom stereocenters. The van der Waals surface area contributed by atoms with Gasteiger partial charge >= 0.3 is 0 Å². The number of hydrogen-bond acceptors (Lipinski definition) is 3. The molecule has 1 N–H and O–H groups in total. The van der Waals surface area contributed by atoms with Crippen LogP contribution in [0.5, 0.6) is 0 Å². The molecule has 0 aliphatic carbocycles. The summed E-state index contributed by atoms with van der Waals surface area (Å²) in [5.41, 5.74) is 0. The molecule has 0 radical (unpaired) electrons. The Morgan fingerprint density at radius 3 is 2.50 bits per heavy atom. The Morgan fingerprint density at radius 1 is 1.18 bits per heavy atom. The van der Waals surface area contributed by atoms with Crippen molar-refractivity contribution in [1.82, 2.24) is 15.1 Å². The molecule has 2 heterocycles. The zero-order valence-corrected chi connectivity index (χ0v) is 14.1. The first kappa shape index (κ1) is 17.3. The predicted molar refractivity (Wildman–Crippen MR) is 87.5 cm³/mol. The number of carbonyl (C=O) groups is 2. The maximum absolute atomic E-state index is 12.5. The molecule has 2 amide bonds. The fraction of sp³-hybridized carbons (Fsp3) is 0.882. The van der Waals surface area contributed by atoms with Gasteiger partial charge in [-0.1, -0.05) is 19.8 Å². The highest BCUT2D eigenvalue weighted by Gasteiger charge is 2.32. The maximum Gasteiger partial charge on any atom is 0.239 e. The third kappa shape index (κ3) is 4.45. The fourth-order valence-electron chi connectivity index (χ4n) is 3.45. The molecule has 2 fully saturated rings. The van der Waals surface area contributed by atoms with E-state index < -0.39 is 0 Å². The normalized spacial score (nSPS) is 23.4. The zero-order chi connectivity index (χ0) is 15.9. The third-order valence-electron chi connectivity index (χ3n) is 4.99. The molecule has 5 heteroatoms. The molecular formula is C17H31N3O2. The van der Waals surface area contributed by atoms with Crippen molar-refractivity contribution in [3.63, 3.8) is 0 Å². The van der Waals surface area contributed by atoms with Crippen LogP contribution in [0.25, 0.3) is 0 Å². The Kier molecular flexibility index (Phi) is 6.68. The number of amides is 2. The van der Waals surface area contributed by atoms with Crippen LogP contribution < -0.4 is 5.32 Å². The molecular weight excluding hydrogens is 278 g/mol. The summed E-state index contributed by atoms with van der Waals surface area (Å²) in [6.45, 7) is 5.40. The van der Waals surface area contributed by atoms with E-state index >= 15 is 0 Å². The Bertz CT molecular complexity index is 372. The molecule has 2 aliphatic heterocycles. The molecule has 0 saturated carbocycles. The van der Waals surface area contributed by atoms with E-state index in [0.29, 0.717) is 0 Å². The average Bonchev–Trinajstić information content (AvgIpc) is 2.59. The minimum atomic E-state index is 0.00762. The summed E-state index contributed by atoms with van der Waals surface area (Å²) in [5, 5.41) is 3.33. The summed E-state index contributed by atoms with van der Waals surface area (Å²) >= 11 is 0. The SMILES string of the molecule is CCCCN(C)C(=O)C1CCN(C(=O)C2CCCCN2)CC1. The molecule has 1 atom stereocenters. The standard InChI is InChI=1S/C17H31N3O2/c1-3-4-11-19(2)16(21)14-8-12-20(13-9-14)17(22)15-7-5-6-10-18-15/h14-15,18H,3-13H2,1-2H3. The predicted octanol–water partition coefficient (Wildman–Crippen LogP) is 1.63. The third-order valence-corrected chi connectivity index (χ3v) is 4.99. The van der Waals surface area contributed by atoms with Gasteiger partial charge in [0, 0.05) is 32.6 Å². The Labute approximate surface area is 134 Å². The Balaban J connectivity index is 1.77. The number of hydrogen-bond donors (Lipinski definition) is 1. The minimum Gasteiger partial charge on any atom is -0.346 e. The van der Waals surface area contributed by atoms with Crippen LogP contribution in [0.3, 0.4) is 0 Å². The van der Waals surface area contributed by atoms with E-state index in [1.54, 1.807) is 0 Å². The van der Waals surface area contributed by atoms with Crippen molar-refractivity contribution < 1.29 is 9.59 Å². The summed E-state index contributed by atoms with van der Waals surface area (Å²) < 4.78 is 0. The molecule has 22 heavy (non-hydrogen) atoms. The summed E-state index contributed by atoms with van der Waals surface area (Å²) in [7, 11) is 1.90. The van der Waals surface area contributed by atoms with Gasteiger partial charge in [0.15, 0.2) is 0 Å². The van der Waals surface area contributed by atoms with Gasteiger partial charge in [-0.05, 0) is 38.6 Å². The monoisotopic (exact) mass is 309 g/mol. The van der Waals surface area contributed by atoms with Gasteiger partial charge in [-0.3, -0.25) is 9.59 Å². The van der Waals surface area contributed by atoms with Gasteiger partial charge < -0.3 is 15.1 Å². The fourth-order valence-corrected chi connectivity index (χ4v) is 3.45. The minimum absolute atomic E-state index is 0.00762. The highest BCUT2D eigenvalue weighted by atomic mass is 16.2. The highest BCUT2D eigenvalue weighted by Crippen LogP contribution is 2.21. The zero-order valence-electron chi connectivity index (χ0n) is 14.1. The molecule has 2 saturated heterocycles. The molecule has 0 aromatic heterocycles. The molecule has 126 valence electrons. The Morgan fingerprint density at radius 2 is 1.91 bits per heavy atom. The van der Waals surface area contributed by atoms with E-state index in [9.17, 15) is 9.59 Å². The van der Waals surface area contributed by atoms with Crippen LogP contribution in [-0.4, -0.2) is 60.9 Å². The van der Waals surface area contributed by atoms with Crippen LogP contribution >= 0.6 is 0 Å². The first-order chi connectivity index (χ1) is 10.6. The van der Waals surface area contributed by atoms with Gasteiger partial charge in [0.05, 0.1) is 6.04 Å². The van der Waals surface area contributed by atoms with Gasteiger partial charge in [0.2, 0.25) is 11.8 Å².